The number of hydrogen-bond donors (Lipinski definition) is 5. The van der Waals surface area contributed by atoms with Gasteiger partial charge >= 0.3 is 0 Å². The lowest BCUT2D eigenvalue weighted by molar-refractivity contribution is -0.137. The van der Waals surface area contributed by atoms with Gasteiger partial charge in [0.2, 0.25) is 0 Å². The number of rotatable bonds is 8. The Morgan fingerprint density at radius 2 is 2.00 bits per heavy atom. The number of aliphatic hydroxyl groups excluding tert-OH is 3. The van der Waals surface area contributed by atoms with Gasteiger partial charge in [0.25, 0.3) is 5.91 Å². The van der Waals surface area contributed by atoms with E-state index in [9.17, 15) is 15.0 Å². The summed E-state index contributed by atoms with van der Waals surface area (Å²) >= 11 is 0. The van der Waals surface area contributed by atoms with Crippen molar-refractivity contribution >= 4 is 22.9 Å². The van der Waals surface area contributed by atoms with E-state index in [1.165, 1.54) is 17.2 Å². The molecule has 2 aromatic heterocycles. The van der Waals surface area contributed by atoms with E-state index in [4.69, 9.17) is 9.84 Å². The summed E-state index contributed by atoms with van der Waals surface area (Å²) in [6, 6.07) is 0.234. The van der Waals surface area contributed by atoms with Gasteiger partial charge in [0.05, 0.1) is 12.9 Å². The Bertz CT molecular complexity index is 810. The summed E-state index contributed by atoms with van der Waals surface area (Å²) in [6.45, 7) is 3.93. The van der Waals surface area contributed by atoms with Gasteiger partial charge in [-0.05, 0) is 12.8 Å². The number of aromatic nitrogens is 4. The number of nitrogens with one attached hydrogen (secondary N) is 2. The maximum absolute atomic E-state index is 12.1. The molecule has 0 aliphatic carbocycles. The summed E-state index contributed by atoms with van der Waals surface area (Å²) in [5, 5.41) is 35.2. The molecule has 3 heterocycles. The molecule has 1 aliphatic rings. The monoisotopic (exact) mass is 394 g/mol. The van der Waals surface area contributed by atoms with E-state index in [-0.39, 0.29) is 19.2 Å². The van der Waals surface area contributed by atoms with E-state index in [0.29, 0.717) is 17.0 Å². The van der Waals surface area contributed by atoms with E-state index in [1.807, 2.05) is 0 Å². The van der Waals surface area contributed by atoms with Crippen LogP contribution in [0.3, 0.4) is 0 Å². The average Bonchev–Trinajstić information content (AvgIpc) is 3.26. The quantitative estimate of drug-likeness (QED) is 0.385. The lowest BCUT2D eigenvalue weighted by atomic mass is 10.1. The average molecular weight is 394 g/mol. The molecule has 1 amide bonds. The van der Waals surface area contributed by atoms with E-state index in [0.717, 1.165) is 12.8 Å². The maximum atomic E-state index is 12.1. The molecule has 11 heteroatoms. The second-order valence-corrected chi connectivity index (χ2v) is 6.65. The first-order valence-corrected chi connectivity index (χ1v) is 9.36. The van der Waals surface area contributed by atoms with Crippen molar-refractivity contribution in [2.45, 2.75) is 57.3 Å². The Morgan fingerprint density at radius 1 is 1.25 bits per heavy atom. The smallest absolute Gasteiger partial charge is 0.252 e. The number of carbonyl (C=O) groups excluding carboxylic acids is 1. The zero-order valence-corrected chi connectivity index (χ0v) is 15.8. The molecule has 4 atom stereocenters. The Labute approximate surface area is 161 Å². The van der Waals surface area contributed by atoms with Crippen molar-refractivity contribution in [3.63, 3.8) is 0 Å². The zero-order valence-electron chi connectivity index (χ0n) is 15.8. The molecule has 0 bridgehead atoms. The van der Waals surface area contributed by atoms with Gasteiger partial charge in [-0.25, -0.2) is 15.0 Å². The molecule has 11 nitrogen and oxygen atoms in total. The highest BCUT2D eigenvalue weighted by atomic mass is 16.6. The largest absolute Gasteiger partial charge is 0.395 e. The number of carbonyl (C=O) groups is 1. The van der Waals surface area contributed by atoms with Gasteiger partial charge in [0.1, 0.15) is 18.5 Å². The standard InChI is InChI=1S/C17H26N6O5/c1-3-9(4-2)22-14-10-15(20-7-19-14)23(8-21-10)17-12(26)11(25)13(28-17)16(27)18-5-6-24/h7-9,11-13,17,24-26H,3-6H2,1-2H3,(H,18,27)(H,19,20,22)/t11-,12+,13-,17+/m0/s1. The van der Waals surface area contributed by atoms with Crippen LogP contribution in [0, 0.1) is 0 Å². The summed E-state index contributed by atoms with van der Waals surface area (Å²) in [4.78, 5) is 24.9. The van der Waals surface area contributed by atoms with Crippen LogP contribution >= 0.6 is 0 Å². The molecule has 0 saturated carbocycles. The predicted molar refractivity (Wildman–Crippen MR) is 99.3 cm³/mol. The second-order valence-electron chi connectivity index (χ2n) is 6.65. The lowest BCUT2D eigenvalue weighted by Gasteiger charge is -2.17. The number of nitrogens with zero attached hydrogens (tertiary/aromatic N) is 4. The Morgan fingerprint density at radius 3 is 2.68 bits per heavy atom. The number of amides is 1. The Balaban J connectivity index is 1.86. The van der Waals surface area contributed by atoms with Crippen LogP contribution in [0.4, 0.5) is 5.82 Å². The van der Waals surface area contributed by atoms with Crippen molar-refractivity contribution in [2.75, 3.05) is 18.5 Å². The topological polar surface area (TPSA) is 155 Å². The molecule has 28 heavy (non-hydrogen) atoms. The van der Waals surface area contributed by atoms with Gasteiger partial charge in [-0.1, -0.05) is 13.8 Å². The number of anilines is 1. The van der Waals surface area contributed by atoms with E-state index >= 15 is 0 Å². The van der Waals surface area contributed by atoms with Crippen molar-refractivity contribution < 1.29 is 24.9 Å². The van der Waals surface area contributed by atoms with Crippen LogP contribution in [0.5, 0.6) is 0 Å². The molecule has 0 radical (unpaired) electrons. The number of ether oxygens (including phenoxy) is 1. The van der Waals surface area contributed by atoms with Crippen LogP contribution in [-0.4, -0.2) is 78.3 Å². The predicted octanol–water partition coefficient (Wildman–Crippen LogP) is -0.845. The van der Waals surface area contributed by atoms with Crippen LogP contribution < -0.4 is 10.6 Å². The van der Waals surface area contributed by atoms with Crippen LogP contribution in [0.2, 0.25) is 0 Å². The van der Waals surface area contributed by atoms with Gasteiger partial charge in [0.15, 0.2) is 29.3 Å². The van der Waals surface area contributed by atoms with E-state index < -0.39 is 30.4 Å². The first kappa shape index (κ1) is 20.4. The Hall–Kier alpha value is -2.34. The third kappa shape index (κ3) is 3.78. The molecular weight excluding hydrogens is 368 g/mol. The minimum Gasteiger partial charge on any atom is -0.395 e. The fraction of sp³-hybridized carbons (Fsp3) is 0.647. The van der Waals surface area contributed by atoms with E-state index in [2.05, 4.69) is 39.4 Å². The fourth-order valence-electron chi connectivity index (χ4n) is 3.22. The highest BCUT2D eigenvalue weighted by molar-refractivity contribution is 5.83. The van der Waals surface area contributed by atoms with Gasteiger partial charge in [0, 0.05) is 12.6 Å². The van der Waals surface area contributed by atoms with Crippen molar-refractivity contribution in [1.82, 2.24) is 24.8 Å². The Kier molecular flexibility index (Phi) is 6.39. The highest BCUT2D eigenvalue weighted by Crippen LogP contribution is 2.32. The summed E-state index contributed by atoms with van der Waals surface area (Å²) in [7, 11) is 0. The normalized spacial score (nSPS) is 24.8. The number of aliphatic hydroxyl groups is 3. The summed E-state index contributed by atoms with van der Waals surface area (Å²) in [5.74, 6) is -0.0408. The third-order valence-corrected chi connectivity index (χ3v) is 4.87. The molecule has 0 spiro atoms. The third-order valence-electron chi connectivity index (χ3n) is 4.87. The van der Waals surface area contributed by atoms with Crippen molar-refractivity contribution in [1.29, 1.82) is 0 Å². The summed E-state index contributed by atoms with van der Waals surface area (Å²) < 4.78 is 7.08. The summed E-state index contributed by atoms with van der Waals surface area (Å²) in [6.07, 6.45) is -0.430. The minimum atomic E-state index is -1.43. The van der Waals surface area contributed by atoms with Gasteiger partial charge in [-0.2, -0.15) is 0 Å². The van der Waals surface area contributed by atoms with Crippen molar-refractivity contribution in [3.8, 4) is 0 Å². The molecule has 1 fully saturated rings. The number of hydrogen-bond acceptors (Lipinski definition) is 9. The van der Waals surface area contributed by atoms with Crippen LogP contribution in [0.25, 0.3) is 11.2 Å². The molecule has 1 saturated heterocycles. The highest BCUT2D eigenvalue weighted by Gasteiger charge is 2.47. The van der Waals surface area contributed by atoms with Crippen LogP contribution in [0.15, 0.2) is 12.7 Å². The van der Waals surface area contributed by atoms with Gasteiger partial charge < -0.3 is 30.7 Å². The fourth-order valence-corrected chi connectivity index (χ4v) is 3.22. The first-order valence-electron chi connectivity index (χ1n) is 9.36. The molecule has 5 N–H and O–H groups in total. The molecule has 154 valence electrons. The lowest BCUT2D eigenvalue weighted by Crippen LogP contribution is -2.43. The molecule has 1 aliphatic heterocycles. The zero-order chi connectivity index (χ0) is 20.3. The molecule has 0 aromatic carbocycles. The number of fused-ring (bicyclic) bond motifs is 1. The molecule has 2 aromatic rings. The molecule has 3 rings (SSSR count). The molecular formula is C17H26N6O5. The number of imidazole rings is 1. The summed E-state index contributed by atoms with van der Waals surface area (Å²) in [5.41, 5.74) is 0.920. The van der Waals surface area contributed by atoms with Crippen LogP contribution in [0.1, 0.15) is 32.9 Å². The second kappa shape index (κ2) is 8.78. The van der Waals surface area contributed by atoms with Gasteiger partial charge in [-0.15, -0.1) is 0 Å². The van der Waals surface area contributed by atoms with E-state index in [1.54, 1.807) is 0 Å². The van der Waals surface area contributed by atoms with Crippen molar-refractivity contribution in [2.24, 2.45) is 0 Å². The molecule has 0 unspecified atom stereocenters. The van der Waals surface area contributed by atoms with Gasteiger partial charge in [-0.3, -0.25) is 9.36 Å². The first-order chi connectivity index (χ1) is 13.5. The minimum absolute atomic E-state index is 0.0262. The van der Waals surface area contributed by atoms with Crippen molar-refractivity contribution in [3.05, 3.63) is 12.7 Å². The van der Waals surface area contributed by atoms with Crippen LogP contribution in [-0.2, 0) is 9.53 Å². The SMILES string of the molecule is CCC(CC)Nc1ncnc2c1ncn2[C@@H]1O[C@H](C(=O)NCCO)[C@@H](O)[C@H]1O. The maximum Gasteiger partial charge on any atom is 0.252 e.